The third kappa shape index (κ3) is 3.23. The van der Waals surface area contributed by atoms with Crippen LogP contribution in [0.3, 0.4) is 0 Å². The number of hydrogen-bond acceptors (Lipinski definition) is 6. The number of fused-ring (bicyclic) bond motifs is 1. The van der Waals surface area contributed by atoms with Gasteiger partial charge < -0.3 is 20.4 Å². The lowest BCUT2D eigenvalue weighted by Gasteiger charge is -2.37. The van der Waals surface area contributed by atoms with Gasteiger partial charge in [-0.15, -0.1) is 0 Å². The molecule has 0 unspecified atom stereocenters. The van der Waals surface area contributed by atoms with Crippen molar-refractivity contribution in [3.63, 3.8) is 0 Å². The number of hydrogen-bond donors (Lipinski definition) is 1. The summed E-state index contributed by atoms with van der Waals surface area (Å²) in [5.41, 5.74) is 10.1. The Morgan fingerprint density at radius 2 is 1.79 bits per heavy atom. The Morgan fingerprint density at radius 3 is 2.48 bits per heavy atom. The standard InChI is InChI=1S/C22H28N6O/c1-14-15(2)24-20(25-21(14)26-10-9-16(23)13-26)22(29)28-12-11-27(17-7-8-17)18-5-3-4-6-19(18)28/h3-6,16-17H,7-13,23H2,1-2H3/t16-/m1/s1. The van der Waals surface area contributed by atoms with E-state index < -0.39 is 0 Å². The van der Waals surface area contributed by atoms with Gasteiger partial charge in [0, 0.05) is 49.5 Å². The zero-order valence-corrected chi connectivity index (χ0v) is 17.1. The summed E-state index contributed by atoms with van der Waals surface area (Å²) in [7, 11) is 0. The number of rotatable bonds is 3. The Labute approximate surface area is 171 Å². The molecule has 1 saturated heterocycles. The maximum absolute atomic E-state index is 13.5. The Morgan fingerprint density at radius 1 is 1.03 bits per heavy atom. The van der Waals surface area contributed by atoms with E-state index in [1.54, 1.807) is 0 Å². The highest BCUT2D eigenvalue weighted by molar-refractivity contribution is 6.06. The van der Waals surface area contributed by atoms with E-state index in [4.69, 9.17) is 10.7 Å². The van der Waals surface area contributed by atoms with Gasteiger partial charge in [0.1, 0.15) is 5.82 Å². The molecule has 152 valence electrons. The monoisotopic (exact) mass is 392 g/mol. The fourth-order valence-electron chi connectivity index (χ4n) is 4.48. The maximum atomic E-state index is 13.5. The quantitative estimate of drug-likeness (QED) is 0.863. The van der Waals surface area contributed by atoms with Crippen LogP contribution in [-0.2, 0) is 0 Å². The first-order valence-electron chi connectivity index (χ1n) is 10.6. The molecular weight excluding hydrogens is 364 g/mol. The minimum absolute atomic E-state index is 0.124. The third-order valence-electron chi connectivity index (χ3n) is 6.36. The summed E-state index contributed by atoms with van der Waals surface area (Å²) in [4.78, 5) is 29.2. The average molecular weight is 393 g/mol. The molecule has 3 aliphatic rings. The van der Waals surface area contributed by atoms with Crippen LogP contribution in [0.1, 0.15) is 41.1 Å². The van der Waals surface area contributed by atoms with Gasteiger partial charge in [0.15, 0.2) is 0 Å². The number of carbonyl (C=O) groups is 1. The van der Waals surface area contributed by atoms with E-state index in [9.17, 15) is 4.79 Å². The lowest BCUT2D eigenvalue weighted by molar-refractivity contribution is 0.0976. The van der Waals surface area contributed by atoms with Crippen molar-refractivity contribution in [2.45, 2.75) is 45.2 Å². The molecule has 3 heterocycles. The minimum Gasteiger partial charge on any atom is -0.365 e. The molecular formula is C22H28N6O. The van der Waals surface area contributed by atoms with Gasteiger partial charge in [-0.2, -0.15) is 0 Å². The van der Waals surface area contributed by atoms with Crippen molar-refractivity contribution < 1.29 is 4.79 Å². The fourth-order valence-corrected chi connectivity index (χ4v) is 4.48. The number of nitrogens with two attached hydrogens (primary N) is 1. The summed E-state index contributed by atoms with van der Waals surface area (Å²) in [5.74, 6) is 0.998. The normalized spacial score (nSPS) is 21.5. The number of aromatic nitrogens is 2. The van der Waals surface area contributed by atoms with Crippen LogP contribution in [0.4, 0.5) is 17.2 Å². The molecule has 1 amide bonds. The molecule has 2 N–H and O–H groups in total. The second kappa shape index (κ2) is 6.99. The van der Waals surface area contributed by atoms with E-state index in [2.05, 4.69) is 20.9 Å². The van der Waals surface area contributed by atoms with Gasteiger partial charge >= 0.3 is 0 Å². The van der Waals surface area contributed by atoms with Crippen LogP contribution in [-0.4, -0.2) is 54.1 Å². The average Bonchev–Trinajstić information content (AvgIpc) is 3.49. The topological polar surface area (TPSA) is 78.6 Å². The lowest BCUT2D eigenvalue weighted by Crippen LogP contribution is -2.45. The Bertz CT molecular complexity index is 956. The molecule has 0 spiro atoms. The van der Waals surface area contributed by atoms with Crippen molar-refractivity contribution in [2.75, 3.05) is 40.9 Å². The van der Waals surface area contributed by atoms with Gasteiger partial charge in [-0.3, -0.25) is 4.79 Å². The first-order valence-corrected chi connectivity index (χ1v) is 10.6. The maximum Gasteiger partial charge on any atom is 0.296 e. The molecule has 2 aliphatic heterocycles. The van der Waals surface area contributed by atoms with Gasteiger partial charge in [-0.05, 0) is 45.2 Å². The van der Waals surface area contributed by atoms with Crippen molar-refractivity contribution in [2.24, 2.45) is 5.73 Å². The molecule has 1 saturated carbocycles. The predicted molar refractivity (Wildman–Crippen MR) is 115 cm³/mol. The Hall–Kier alpha value is -2.67. The van der Waals surface area contributed by atoms with Crippen LogP contribution in [0.5, 0.6) is 0 Å². The van der Waals surface area contributed by atoms with Crippen LogP contribution >= 0.6 is 0 Å². The molecule has 2 aromatic rings. The predicted octanol–water partition coefficient (Wildman–Crippen LogP) is 2.26. The molecule has 7 nitrogen and oxygen atoms in total. The van der Waals surface area contributed by atoms with Crippen LogP contribution in [0.25, 0.3) is 0 Å². The van der Waals surface area contributed by atoms with Crippen molar-refractivity contribution in [1.82, 2.24) is 9.97 Å². The van der Waals surface area contributed by atoms with Gasteiger partial charge in [-0.25, -0.2) is 9.97 Å². The van der Waals surface area contributed by atoms with E-state index in [-0.39, 0.29) is 17.8 Å². The fraction of sp³-hybridized carbons (Fsp3) is 0.500. The first kappa shape index (κ1) is 18.4. The van der Waals surface area contributed by atoms with E-state index >= 15 is 0 Å². The zero-order valence-electron chi connectivity index (χ0n) is 17.1. The molecule has 0 radical (unpaired) electrons. The highest BCUT2D eigenvalue weighted by atomic mass is 16.2. The van der Waals surface area contributed by atoms with Gasteiger partial charge in [0.2, 0.25) is 5.82 Å². The number of nitrogens with zero attached hydrogens (tertiary/aromatic N) is 5. The van der Waals surface area contributed by atoms with E-state index in [0.717, 1.165) is 54.5 Å². The smallest absolute Gasteiger partial charge is 0.296 e. The second-order valence-corrected chi connectivity index (χ2v) is 8.45. The molecule has 29 heavy (non-hydrogen) atoms. The van der Waals surface area contributed by atoms with Crippen LogP contribution < -0.4 is 20.4 Å². The van der Waals surface area contributed by atoms with Gasteiger partial charge in [-0.1, -0.05) is 12.1 Å². The van der Waals surface area contributed by atoms with Gasteiger partial charge in [0.05, 0.1) is 11.4 Å². The molecule has 0 bridgehead atoms. The Kier molecular flexibility index (Phi) is 4.42. The summed E-state index contributed by atoms with van der Waals surface area (Å²) in [6.45, 7) is 7.13. The molecule has 1 atom stereocenters. The molecule has 7 heteroatoms. The summed E-state index contributed by atoms with van der Waals surface area (Å²) in [6, 6.07) is 8.97. The van der Waals surface area contributed by atoms with Crippen LogP contribution in [0.15, 0.2) is 24.3 Å². The van der Waals surface area contributed by atoms with Crippen LogP contribution in [0, 0.1) is 13.8 Å². The van der Waals surface area contributed by atoms with Crippen LogP contribution in [0.2, 0.25) is 0 Å². The Balaban J connectivity index is 1.49. The molecule has 1 aromatic heterocycles. The summed E-state index contributed by atoms with van der Waals surface area (Å²) in [6.07, 6.45) is 3.43. The van der Waals surface area contributed by atoms with E-state index in [0.29, 0.717) is 12.6 Å². The molecule has 5 rings (SSSR count). The molecule has 1 aromatic carbocycles. The highest BCUT2D eigenvalue weighted by Gasteiger charge is 2.36. The van der Waals surface area contributed by atoms with E-state index in [1.807, 2.05) is 36.9 Å². The van der Waals surface area contributed by atoms with Crippen molar-refractivity contribution in [3.8, 4) is 0 Å². The largest absolute Gasteiger partial charge is 0.365 e. The summed E-state index contributed by atoms with van der Waals surface area (Å²) in [5, 5.41) is 0. The first-order chi connectivity index (χ1) is 14.0. The number of para-hydroxylation sites is 2. The lowest BCUT2D eigenvalue weighted by atomic mass is 10.1. The number of carbonyl (C=O) groups excluding carboxylic acids is 1. The van der Waals surface area contributed by atoms with Crippen molar-refractivity contribution in [1.29, 1.82) is 0 Å². The second-order valence-electron chi connectivity index (χ2n) is 8.45. The molecule has 1 aliphatic carbocycles. The van der Waals surface area contributed by atoms with Crippen molar-refractivity contribution in [3.05, 3.63) is 41.3 Å². The summed E-state index contributed by atoms with van der Waals surface area (Å²) >= 11 is 0. The minimum atomic E-state index is -0.124. The van der Waals surface area contributed by atoms with E-state index in [1.165, 1.54) is 12.8 Å². The summed E-state index contributed by atoms with van der Waals surface area (Å²) < 4.78 is 0. The molecule has 2 fully saturated rings. The van der Waals surface area contributed by atoms with Gasteiger partial charge in [0.25, 0.3) is 5.91 Å². The third-order valence-corrected chi connectivity index (χ3v) is 6.36. The van der Waals surface area contributed by atoms with Crippen molar-refractivity contribution >= 4 is 23.1 Å². The number of benzene rings is 1. The highest BCUT2D eigenvalue weighted by Crippen LogP contribution is 2.40. The zero-order chi connectivity index (χ0) is 20.1. The number of aryl methyl sites for hydroxylation is 1. The SMILES string of the molecule is Cc1nc(C(=O)N2CCN(C3CC3)c3ccccc32)nc(N2CC[C@@H](N)C2)c1C. The number of amides is 1. The number of anilines is 3.